The first kappa shape index (κ1) is 24.2. The van der Waals surface area contributed by atoms with Gasteiger partial charge in [0, 0.05) is 30.5 Å². The highest BCUT2D eigenvalue weighted by Gasteiger charge is 2.34. The summed E-state index contributed by atoms with van der Waals surface area (Å²) in [5.41, 5.74) is 0.352. The summed E-state index contributed by atoms with van der Waals surface area (Å²) < 4.78 is 12.5. The molecule has 1 aliphatic carbocycles. The summed E-state index contributed by atoms with van der Waals surface area (Å²) in [6, 6.07) is 12.8. The summed E-state index contributed by atoms with van der Waals surface area (Å²) in [7, 11) is 3.02. The number of hydrogen-bond donors (Lipinski definition) is 1. The molecule has 3 aromatic rings. The van der Waals surface area contributed by atoms with Crippen molar-refractivity contribution in [3.63, 3.8) is 0 Å². The van der Waals surface area contributed by atoms with Crippen LogP contribution in [0.4, 0.5) is 0 Å². The molecule has 1 atom stereocenters. The van der Waals surface area contributed by atoms with Crippen LogP contribution >= 0.6 is 11.6 Å². The van der Waals surface area contributed by atoms with Crippen LogP contribution < -0.4 is 15.0 Å². The molecule has 8 nitrogen and oxygen atoms in total. The van der Waals surface area contributed by atoms with Crippen LogP contribution in [-0.4, -0.2) is 52.8 Å². The van der Waals surface area contributed by atoms with E-state index in [1.54, 1.807) is 23.1 Å². The Hall–Kier alpha value is -3.52. The molecule has 1 saturated carbocycles. The van der Waals surface area contributed by atoms with Gasteiger partial charge >= 0.3 is 0 Å². The maximum absolute atomic E-state index is 13.6. The van der Waals surface area contributed by atoms with Gasteiger partial charge in [0.25, 0.3) is 11.5 Å². The zero-order valence-corrected chi connectivity index (χ0v) is 21.0. The van der Waals surface area contributed by atoms with Crippen molar-refractivity contribution in [2.24, 2.45) is 5.92 Å². The minimum Gasteiger partial charge on any atom is -0.494 e. The number of benzene rings is 2. The van der Waals surface area contributed by atoms with Crippen LogP contribution in [-0.2, 0) is 6.42 Å². The molecule has 1 amide bonds. The van der Waals surface area contributed by atoms with Crippen molar-refractivity contribution in [1.29, 1.82) is 0 Å². The van der Waals surface area contributed by atoms with E-state index >= 15 is 0 Å². The Morgan fingerprint density at radius 1 is 1.11 bits per heavy atom. The number of carbonyl (C=O) groups is 1. The molecule has 0 bridgehead atoms. The van der Waals surface area contributed by atoms with Gasteiger partial charge in [-0.2, -0.15) is 4.98 Å². The van der Waals surface area contributed by atoms with Gasteiger partial charge in [-0.3, -0.25) is 14.2 Å². The number of rotatable bonds is 7. The Morgan fingerprint density at radius 3 is 2.44 bits per heavy atom. The van der Waals surface area contributed by atoms with E-state index in [4.69, 9.17) is 21.1 Å². The van der Waals surface area contributed by atoms with E-state index in [1.807, 2.05) is 24.3 Å². The van der Waals surface area contributed by atoms with Crippen LogP contribution in [0.5, 0.6) is 17.4 Å². The fourth-order valence-corrected chi connectivity index (χ4v) is 5.08. The van der Waals surface area contributed by atoms with Gasteiger partial charge in [0.1, 0.15) is 23.0 Å². The van der Waals surface area contributed by atoms with Crippen molar-refractivity contribution in [2.45, 2.75) is 31.6 Å². The number of halogens is 1. The van der Waals surface area contributed by atoms with E-state index < -0.39 is 17.3 Å². The topological polar surface area (TPSA) is 93.9 Å². The maximum atomic E-state index is 13.6. The zero-order chi connectivity index (χ0) is 25.4. The standard InChI is InChI=1S/C27H28ClN3O5/c1-35-20-7-4-8-21(36-2)24(20)31-22(13-16-9-10-16)29-25(32)23(27(31)34)26(33)30-12-11-18(15-30)17-5-3-6-19(28)14-17/h3-8,14,16,18,34H,9-13,15H2,1-2H3. The number of ether oxygens (including phenoxy) is 2. The zero-order valence-electron chi connectivity index (χ0n) is 20.2. The van der Waals surface area contributed by atoms with Crippen molar-refractivity contribution in [3.05, 3.63) is 74.8 Å². The molecule has 1 aliphatic heterocycles. The molecule has 5 rings (SSSR count). The Morgan fingerprint density at radius 2 is 1.81 bits per heavy atom. The monoisotopic (exact) mass is 509 g/mol. The van der Waals surface area contributed by atoms with Gasteiger partial charge < -0.3 is 19.5 Å². The number of hydrogen-bond acceptors (Lipinski definition) is 6. The highest BCUT2D eigenvalue weighted by atomic mass is 35.5. The number of aromatic hydroxyl groups is 1. The third-order valence-electron chi connectivity index (χ3n) is 6.94. The SMILES string of the molecule is COc1cccc(OC)c1-n1c(CC2CC2)nc(=O)c(C(=O)N2CCC(c3cccc(Cl)c3)C2)c1O. The van der Waals surface area contributed by atoms with Crippen molar-refractivity contribution in [1.82, 2.24) is 14.5 Å². The van der Waals surface area contributed by atoms with Crippen LogP contribution in [0.15, 0.2) is 47.3 Å². The molecule has 2 heterocycles. The van der Waals surface area contributed by atoms with E-state index in [2.05, 4.69) is 4.98 Å². The van der Waals surface area contributed by atoms with Crippen LogP contribution in [0.2, 0.25) is 5.02 Å². The number of nitrogens with zero attached hydrogens (tertiary/aromatic N) is 3. The van der Waals surface area contributed by atoms with Gasteiger partial charge in [-0.15, -0.1) is 0 Å². The van der Waals surface area contributed by atoms with Crippen molar-refractivity contribution in [3.8, 4) is 23.1 Å². The summed E-state index contributed by atoms with van der Waals surface area (Å²) in [6.07, 6.45) is 3.28. The van der Waals surface area contributed by atoms with Gasteiger partial charge in [-0.25, -0.2) is 0 Å². The van der Waals surface area contributed by atoms with E-state index in [0.717, 1.165) is 24.8 Å². The average molecular weight is 510 g/mol. The second-order valence-corrected chi connectivity index (χ2v) is 9.75. The van der Waals surface area contributed by atoms with Crippen LogP contribution in [0, 0.1) is 5.92 Å². The smallest absolute Gasteiger partial charge is 0.289 e. The number of aromatic nitrogens is 2. The predicted octanol–water partition coefficient (Wildman–Crippen LogP) is 4.19. The maximum Gasteiger partial charge on any atom is 0.289 e. The Labute approximate surface area is 214 Å². The molecule has 1 N–H and O–H groups in total. The van der Waals surface area contributed by atoms with Gasteiger partial charge in [0.15, 0.2) is 5.56 Å². The summed E-state index contributed by atoms with van der Waals surface area (Å²) in [4.78, 5) is 32.6. The third kappa shape index (κ3) is 4.53. The molecule has 1 unspecified atom stereocenters. The second-order valence-electron chi connectivity index (χ2n) is 9.32. The van der Waals surface area contributed by atoms with Crippen molar-refractivity contribution >= 4 is 17.5 Å². The molecular formula is C27H28ClN3O5. The Bertz CT molecular complexity index is 1350. The van der Waals surface area contributed by atoms with Crippen LogP contribution in [0.25, 0.3) is 5.69 Å². The molecule has 36 heavy (non-hydrogen) atoms. The van der Waals surface area contributed by atoms with Crippen molar-refractivity contribution < 1.29 is 19.4 Å². The number of methoxy groups -OCH3 is 2. The Kier molecular flexibility index (Phi) is 6.62. The lowest BCUT2D eigenvalue weighted by atomic mass is 9.99. The quantitative estimate of drug-likeness (QED) is 0.513. The molecule has 0 radical (unpaired) electrons. The molecular weight excluding hydrogens is 482 g/mol. The Balaban J connectivity index is 1.57. The number of carbonyl (C=O) groups excluding carboxylic acids is 1. The summed E-state index contributed by atoms with van der Waals surface area (Å²) in [5.74, 6) is 0.688. The highest BCUT2D eigenvalue weighted by molar-refractivity contribution is 6.30. The molecule has 9 heteroatoms. The number of amides is 1. The minimum atomic E-state index is -0.732. The molecule has 1 saturated heterocycles. The number of para-hydroxylation sites is 1. The third-order valence-corrected chi connectivity index (χ3v) is 7.18. The highest BCUT2D eigenvalue weighted by Crippen LogP contribution is 2.39. The molecule has 0 spiro atoms. The molecule has 2 fully saturated rings. The fraction of sp³-hybridized carbons (Fsp3) is 0.370. The fourth-order valence-electron chi connectivity index (χ4n) is 4.88. The van der Waals surface area contributed by atoms with E-state index in [-0.39, 0.29) is 11.5 Å². The first-order valence-corrected chi connectivity index (χ1v) is 12.4. The average Bonchev–Trinajstić information content (AvgIpc) is 3.54. The minimum absolute atomic E-state index is 0.0911. The lowest BCUT2D eigenvalue weighted by Gasteiger charge is -2.22. The lowest BCUT2D eigenvalue weighted by molar-refractivity contribution is 0.0784. The molecule has 188 valence electrons. The van der Waals surface area contributed by atoms with Gasteiger partial charge in [0.2, 0.25) is 5.88 Å². The predicted molar refractivity (Wildman–Crippen MR) is 136 cm³/mol. The molecule has 1 aromatic heterocycles. The summed E-state index contributed by atoms with van der Waals surface area (Å²) >= 11 is 6.15. The van der Waals surface area contributed by atoms with Crippen LogP contribution in [0.1, 0.15) is 46.9 Å². The molecule has 2 aliphatic rings. The van der Waals surface area contributed by atoms with E-state index in [0.29, 0.717) is 53.5 Å². The summed E-state index contributed by atoms with van der Waals surface area (Å²) in [6.45, 7) is 0.872. The van der Waals surface area contributed by atoms with Gasteiger partial charge in [-0.1, -0.05) is 29.8 Å². The molecule has 2 aromatic carbocycles. The van der Waals surface area contributed by atoms with Gasteiger partial charge in [-0.05, 0) is 55.0 Å². The lowest BCUT2D eigenvalue weighted by Crippen LogP contribution is -2.35. The van der Waals surface area contributed by atoms with E-state index in [1.165, 1.54) is 18.8 Å². The van der Waals surface area contributed by atoms with Gasteiger partial charge in [0.05, 0.1) is 14.2 Å². The first-order chi connectivity index (χ1) is 17.4. The van der Waals surface area contributed by atoms with Crippen LogP contribution in [0.3, 0.4) is 0 Å². The van der Waals surface area contributed by atoms with E-state index in [9.17, 15) is 14.7 Å². The number of likely N-dealkylation sites (tertiary alicyclic amines) is 1. The summed E-state index contributed by atoms with van der Waals surface area (Å²) in [5, 5.41) is 12.1. The first-order valence-electron chi connectivity index (χ1n) is 12.0. The van der Waals surface area contributed by atoms with Crippen molar-refractivity contribution in [2.75, 3.05) is 27.3 Å². The second kappa shape index (κ2) is 9.85. The normalized spacial score (nSPS) is 17.3. The largest absolute Gasteiger partial charge is 0.494 e.